The number of hydrogen-bond donors (Lipinski definition) is 1. The number of nitrogens with one attached hydrogen (secondary N) is 1. The van der Waals surface area contributed by atoms with Gasteiger partial charge in [0.1, 0.15) is 0 Å². The van der Waals surface area contributed by atoms with Crippen LogP contribution in [0.3, 0.4) is 0 Å². The maximum atomic E-state index is 12.3. The number of halogens is 2. The Morgan fingerprint density at radius 3 is 2.30 bits per heavy atom. The molecule has 160 valence electrons. The molecule has 1 amide bonds. The van der Waals surface area contributed by atoms with E-state index in [4.69, 9.17) is 23.2 Å². The molecule has 1 heterocycles. The van der Waals surface area contributed by atoms with Gasteiger partial charge in [-0.3, -0.25) is 14.5 Å². The minimum absolute atomic E-state index is 0.0731. The third-order valence-electron chi connectivity index (χ3n) is 5.57. The second-order valence-electron chi connectivity index (χ2n) is 7.97. The lowest BCUT2D eigenvalue weighted by molar-refractivity contribution is -0.122. The van der Waals surface area contributed by atoms with E-state index in [1.54, 1.807) is 6.92 Å². The Bertz CT molecular complexity index is 875. The molecular weight excluding hydrogens is 419 g/mol. The minimum Gasteiger partial charge on any atom is -0.353 e. The highest BCUT2D eigenvalue weighted by Gasteiger charge is 2.20. The number of piperidine rings is 1. The minimum atomic E-state index is 0.0731. The molecule has 1 aliphatic rings. The third-order valence-corrected chi connectivity index (χ3v) is 6.31. The number of rotatable bonds is 8. The zero-order valence-electron chi connectivity index (χ0n) is 17.3. The Morgan fingerprint density at radius 2 is 1.67 bits per heavy atom. The van der Waals surface area contributed by atoms with Crippen molar-refractivity contribution in [1.29, 1.82) is 0 Å². The molecule has 2 aromatic carbocycles. The molecule has 1 aliphatic heterocycles. The van der Waals surface area contributed by atoms with Crippen molar-refractivity contribution >= 4 is 34.9 Å². The topological polar surface area (TPSA) is 49.4 Å². The monoisotopic (exact) mass is 446 g/mol. The van der Waals surface area contributed by atoms with Crippen molar-refractivity contribution in [2.45, 2.75) is 51.6 Å². The van der Waals surface area contributed by atoms with E-state index in [1.807, 2.05) is 42.5 Å². The molecule has 2 aromatic rings. The van der Waals surface area contributed by atoms with Crippen LogP contribution in [0, 0.1) is 0 Å². The van der Waals surface area contributed by atoms with Gasteiger partial charge < -0.3 is 5.32 Å². The molecule has 1 saturated heterocycles. The molecule has 1 fully saturated rings. The largest absolute Gasteiger partial charge is 0.353 e. The van der Waals surface area contributed by atoms with Gasteiger partial charge in [0.05, 0.1) is 10.0 Å². The van der Waals surface area contributed by atoms with Gasteiger partial charge in [0, 0.05) is 37.7 Å². The van der Waals surface area contributed by atoms with Crippen LogP contribution in [0.25, 0.3) is 0 Å². The van der Waals surface area contributed by atoms with Crippen LogP contribution in [-0.4, -0.2) is 35.7 Å². The smallest absolute Gasteiger partial charge is 0.220 e. The van der Waals surface area contributed by atoms with Crippen LogP contribution in [0.15, 0.2) is 42.5 Å². The molecule has 0 saturated carbocycles. The summed E-state index contributed by atoms with van der Waals surface area (Å²) < 4.78 is 0. The summed E-state index contributed by atoms with van der Waals surface area (Å²) in [6.07, 6.45) is 4.09. The second kappa shape index (κ2) is 10.9. The Kier molecular flexibility index (Phi) is 8.32. The van der Waals surface area contributed by atoms with E-state index in [0.29, 0.717) is 16.5 Å². The highest BCUT2D eigenvalue weighted by molar-refractivity contribution is 6.42. The first-order valence-electron chi connectivity index (χ1n) is 10.5. The first-order chi connectivity index (χ1) is 14.4. The van der Waals surface area contributed by atoms with Gasteiger partial charge in [-0.2, -0.15) is 0 Å². The van der Waals surface area contributed by atoms with Crippen LogP contribution >= 0.6 is 23.2 Å². The van der Waals surface area contributed by atoms with Gasteiger partial charge in [-0.05, 0) is 55.9 Å². The number of carbonyl (C=O) groups excluding carboxylic acids is 2. The average Bonchev–Trinajstić information content (AvgIpc) is 2.72. The lowest BCUT2D eigenvalue weighted by Gasteiger charge is -2.32. The Morgan fingerprint density at radius 1 is 1.00 bits per heavy atom. The van der Waals surface area contributed by atoms with Crippen molar-refractivity contribution in [2.24, 2.45) is 0 Å². The fourth-order valence-electron chi connectivity index (χ4n) is 3.79. The van der Waals surface area contributed by atoms with E-state index in [1.165, 1.54) is 0 Å². The summed E-state index contributed by atoms with van der Waals surface area (Å²) in [7, 11) is 0. The molecule has 4 nitrogen and oxygen atoms in total. The van der Waals surface area contributed by atoms with Crippen LogP contribution in [0.5, 0.6) is 0 Å². The molecule has 0 radical (unpaired) electrons. The van der Waals surface area contributed by atoms with Gasteiger partial charge in [-0.15, -0.1) is 0 Å². The molecule has 0 aliphatic carbocycles. The van der Waals surface area contributed by atoms with Crippen molar-refractivity contribution in [3.8, 4) is 0 Å². The van der Waals surface area contributed by atoms with E-state index in [0.717, 1.165) is 62.0 Å². The first kappa shape index (κ1) is 22.8. The second-order valence-corrected chi connectivity index (χ2v) is 8.79. The number of amides is 1. The van der Waals surface area contributed by atoms with Crippen molar-refractivity contribution in [3.05, 3.63) is 69.2 Å². The predicted octanol–water partition coefficient (Wildman–Crippen LogP) is 5.30. The van der Waals surface area contributed by atoms with Crippen molar-refractivity contribution < 1.29 is 9.59 Å². The summed E-state index contributed by atoms with van der Waals surface area (Å²) >= 11 is 12.1. The van der Waals surface area contributed by atoms with Crippen LogP contribution in [0.4, 0.5) is 0 Å². The molecule has 0 bridgehead atoms. The van der Waals surface area contributed by atoms with E-state index in [2.05, 4.69) is 10.2 Å². The summed E-state index contributed by atoms with van der Waals surface area (Å²) in [5.41, 5.74) is 3.04. The van der Waals surface area contributed by atoms with Crippen molar-refractivity contribution in [1.82, 2.24) is 10.2 Å². The molecule has 3 rings (SSSR count). The van der Waals surface area contributed by atoms with Crippen LogP contribution in [0.2, 0.25) is 10.0 Å². The number of nitrogens with zero attached hydrogens (tertiary/aromatic N) is 1. The summed E-state index contributed by atoms with van der Waals surface area (Å²) in [4.78, 5) is 26.0. The van der Waals surface area contributed by atoms with Gasteiger partial charge in [-0.1, -0.05) is 53.5 Å². The molecule has 30 heavy (non-hydrogen) atoms. The zero-order chi connectivity index (χ0) is 21.5. The Balaban J connectivity index is 1.34. The summed E-state index contributed by atoms with van der Waals surface area (Å²) in [5, 5.41) is 4.35. The fourth-order valence-corrected chi connectivity index (χ4v) is 4.11. The van der Waals surface area contributed by atoms with E-state index in [9.17, 15) is 9.59 Å². The van der Waals surface area contributed by atoms with E-state index in [-0.39, 0.29) is 17.7 Å². The van der Waals surface area contributed by atoms with Crippen LogP contribution in [0.1, 0.15) is 54.1 Å². The molecule has 0 atom stereocenters. The molecule has 0 unspecified atom stereocenters. The average molecular weight is 447 g/mol. The number of ketones is 1. The molecular formula is C24H28Cl2N2O2. The summed E-state index contributed by atoms with van der Waals surface area (Å²) in [6.45, 7) is 4.32. The number of likely N-dealkylation sites (tertiary alicyclic amines) is 1. The molecule has 0 aromatic heterocycles. The third kappa shape index (κ3) is 6.83. The summed E-state index contributed by atoms with van der Waals surface area (Å²) in [6, 6.07) is 13.7. The van der Waals surface area contributed by atoms with Crippen LogP contribution in [-0.2, 0) is 17.8 Å². The maximum absolute atomic E-state index is 12.3. The van der Waals surface area contributed by atoms with E-state index < -0.39 is 0 Å². The highest BCUT2D eigenvalue weighted by atomic mass is 35.5. The first-order valence-corrected chi connectivity index (χ1v) is 11.2. The lowest BCUT2D eigenvalue weighted by Crippen LogP contribution is -2.44. The van der Waals surface area contributed by atoms with Gasteiger partial charge in [0.25, 0.3) is 0 Å². The molecule has 1 N–H and O–H groups in total. The van der Waals surface area contributed by atoms with Gasteiger partial charge in [0.2, 0.25) is 5.91 Å². The quantitative estimate of drug-likeness (QED) is 0.559. The van der Waals surface area contributed by atoms with Crippen molar-refractivity contribution in [3.63, 3.8) is 0 Å². The number of benzene rings is 2. The number of carbonyl (C=O) groups is 2. The van der Waals surface area contributed by atoms with E-state index >= 15 is 0 Å². The van der Waals surface area contributed by atoms with Gasteiger partial charge in [0.15, 0.2) is 5.78 Å². The van der Waals surface area contributed by atoms with Gasteiger partial charge in [-0.25, -0.2) is 0 Å². The Labute approximate surface area is 188 Å². The number of Topliss-reactive ketones (excluding diaryl/α,β-unsaturated/α-hetero) is 1. The van der Waals surface area contributed by atoms with Crippen molar-refractivity contribution in [2.75, 3.05) is 13.1 Å². The normalized spacial score (nSPS) is 15.2. The van der Waals surface area contributed by atoms with Crippen LogP contribution < -0.4 is 5.32 Å². The standard InChI is InChI=1S/C24H28Cl2N2O2/c1-17(29)20-8-5-18(6-9-20)3-2-4-24(30)27-21-11-13-28(14-12-21)16-19-7-10-22(25)23(26)15-19/h5-10,15,21H,2-4,11-14,16H2,1H3,(H,27,30). The maximum Gasteiger partial charge on any atom is 0.220 e. The molecule has 6 heteroatoms. The number of hydrogen-bond acceptors (Lipinski definition) is 3. The lowest BCUT2D eigenvalue weighted by atomic mass is 10.0. The summed E-state index contributed by atoms with van der Waals surface area (Å²) in [5.74, 6) is 0.197. The Hall–Kier alpha value is -1.88. The highest BCUT2D eigenvalue weighted by Crippen LogP contribution is 2.24. The fraction of sp³-hybridized carbons (Fsp3) is 0.417. The number of aryl methyl sites for hydroxylation is 1. The SMILES string of the molecule is CC(=O)c1ccc(CCCC(=O)NC2CCN(Cc3ccc(Cl)c(Cl)c3)CC2)cc1. The molecule has 0 spiro atoms. The van der Waals surface area contributed by atoms with Gasteiger partial charge >= 0.3 is 0 Å². The zero-order valence-corrected chi connectivity index (χ0v) is 18.8. The predicted molar refractivity (Wildman–Crippen MR) is 122 cm³/mol.